The Kier molecular flexibility index (Phi) is 2.91. The van der Waals surface area contributed by atoms with Crippen molar-refractivity contribution in [2.75, 3.05) is 13.1 Å². The monoisotopic (exact) mass is 233 g/mol. The summed E-state index contributed by atoms with van der Waals surface area (Å²) in [6.45, 7) is 7.36. The Balaban J connectivity index is 2.02. The molecular weight excluding hydrogens is 214 g/mol. The molecule has 4 heteroatoms. The highest BCUT2D eigenvalue weighted by Crippen LogP contribution is 2.27. The molecule has 1 aromatic heterocycles. The molecule has 0 aliphatic carbocycles. The van der Waals surface area contributed by atoms with Gasteiger partial charge in [0.1, 0.15) is 0 Å². The van der Waals surface area contributed by atoms with Crippen LogP contribution in [-0.4, -0.2) is 34.4 Å². The number of hydrogen-bond acceptors (Lipinski definition) is 3. The zero-order valence-corrected chi connectivity index (χ0v) is 10.6. The van der Waals surface area contributed by atoms with Crippen LogP contribution < -0.4 is 5.73 Å². The summed E-state index contributed by atoms with van der Waals surface area (Å²) in [4.78, 5) is 18.0. The summed E-state index contributed by atoms with van der Waals surface area (Å²) < 4.78 is 0. The smallest absolute Gasteiger partial charge is 0.255 e. The Morgan fingerprint density at radius 2 is 2.12 bits per heavy atom. The lowest BCUT2D eigenvalue weighted by atomic mass is 9.80. The Labute approximate surface area is 102 Å². The van der Waals surface area contributed by atoms with Crippen LogP contribution >= 0.6 is 0 Å². The van der Waals surface area contributed by atoms with E-state index in [2.05, 4.69) is 18.8 Å². The summed E-state index contributed by atoms with van der Waals surface area (Å²) in [6, 6.07) is 3.67. The molecule has 0 atom stereocenters. The van der Waals surface area contributed by atoms with Crippen LogP contribution in [0.25, 0.3) is 0 Å². The summed E-state index contributed by atoms with van der Waals surface area (Å²) in [5, 5.41) is 0. The molecule has 1 aliphatic rings. The molecule has 1 aliphatic heterocycles. The number of carbonyl (C=O) groups excluding carboxylic acids is 1. The van der Waals surface area contributed by atoms with E-state index in [0.29, 0.717) is 24.6 Å². The lowest BCUT2D eigenvalue weighted by Crippen LogP contribution is -2.71. The van der Waals surface area contributed by atoms with E-state index in [1.165, 1.54) is 0 Å². The van der Waals surface area contributed by atoms with Crippen molar-refractivity contribution in [2.45, 2.75) is 26.3 Å². The fraction of sp³-hybridized carbons (Fsp3) is 0.538. The molecule has 0 spiro atoms. The molecule has 0 unspecified atom stereocenters. The van der Waals surface area contributed by atoms with E-state index in [4.69, 9.17) is 5.73 Å². The van der Waals surface area contributed by atoms with Crippen molar-refractivity contribution < 1.29 is 4.79 Å². The van der Waals surface area contributed by atoms with Crippen LogP contribution in [-0.2, 0) is 0 Å². The van der Waals surface area contributed by atoms with Crippen molar-refractivity contribution in [1.82, 2.24) is 9.88 Å². The first-order chi connectivity index (χ1) is 7.92. The molecule has 2 N–H and O–H groups in total. The van der Waals surface area contributed by atoms with Gasteiger partial charge >= 0.3 is 0 Å². The van der Waals surface area contributed by atoms with Crippen molar-refractivity contribution in [3.8, 4) is 0 Å². The van der Waals surface area contributed by atoms with Crippen LogP contribution in [0.1, 0.15) is 29.9 Å². The van der Waals surface area contributed by atoms with Gasteiger partial charge in [0.15, 0.2) is 0 Å². The van der Waals surface area contributed by atoms with Crippen LogP contribution in [0.5, 0.6) is 0 Å². The van der Waals surface area contributed by atoms with Crippen molar-refractivity contribution in [2.24, 2.45) is 11.7 Å². The van der Waals surface area contributed by atoms with Crippen LogP contribution in [0, 0.1) is 12.8 Å². The number of nitrogens with two attached hydrogens (primary N) is 1. The van der Waals surface area contributed by atoms with Gasteiger partial charge in [0.05, 0.1) is 11.1 Å². The molecule has 1 saturated heterocycles. The van der Waals surface area contributed by atoms with E-state index in [-0.39, 0.29) is 11.4 Å². The molecular formula is C13H19N3O. The predicted octanol–water partition coefficient (Wildman–Crippen LogP) is 1.20. The number of aryl methyl sites for hydroxylation is 1. The third-order valence-electron chi connectivity index (χ3n) is 3.57. The average Bonchev–Trinajstić information content (AvgIpc) is 2.24. The Morgan fingerprint density at radius 1 is 1.47 bits per heavy atom. The predicted molar refractivity (Wildman–Crippen MR) is 66.6 cm³/mol. The van der Waals surface area contributed by atoms with Crippen LogP contribution in [0.3, 0.4) is 0 Å². The van der Waals surface area contributed by atoms with E-state index >= 15 is 0 Å². The van der Waals surface area contributed by atoms with Gasteiger partial charge in [0.25, 0.3) is 5.91 Å². The number of hydrogen-bond donors (Lipinski definition) is 1. The molecule has 92 valence electrons. The number of amides is 1. The number of carbonyl (C=O) groups is 1. The summed E-state index contributed by atoms with van der Waals surface area (Å²) in [7, 11) is 0. The van der Waals surface area contributed by atoms with Gasteiger partial charge in [0.2, 0.25) is 0 Å². The van der Waals surface area contributed by atoms with Crippen molar-refractivity contribution in [3.05, 3.63) is 29.6 Å². The molecule has 0 radical (unpaired) electrons. The number of rotatable bonds is 2. The third-order valence-corrected chi connectivity index (χ3v) is 3.57. The zero-order valence-electron chi connectivity index (χ0n) is 10.6. The van der Waals surface area contributed by atoms with Crippen LogP contribution in [0.2, 0.25) is 0 Å². The van der Waals surface area contributed by atoms with E-state index in [1.807, 2.05) is 19.1 Å². The molecule has 0 saturated carbocycles. The minimum atomic E-state index is -0.214. The van der Waals surface area contributed by atoms with Gasteiger partial charge in [-0.3, -0.25) is 9.78 Å². The average molecular weight is 233 g/mol. The van der Waals surface area contributed by atoms with Gasteiger partial charge in [-0.2, -0.15) is 0 Å². The van der Waals surface area contributed by atoms with Gasteiger partial charge in [-0.25, -0.2) is 0 Å². The fourth-order valence-electron chi connectivity index (χ4n) is 1.95. The maximum atomic E-state index is 12.1. The van der Waals surface area contributed by atoms with Gasteiger partial charge < -0.3 is 10.6 Å². The lowest BCUT2D eigenvalue weighted by molar-refractivity contribution is 0.0274. The maximum Gasteiger partial charge on any atom is 0.255 e. The van der Waals surface area contributed by atoms with E-state index in [9.17, 15) is 4.79 Å². The number of nitrogens with zero attached hydrogens (tertiary/aromatic N) is 2. The molecule has 17 heavy (non-hydrogen) atoms. The summed E-state index contributed by atoms with van der Waals surface area (Å²) in [5.41, 5.74) is 7.51. The Bertz CT molecular complexity index is 419. The third kappa shape index (κ3) is 2.17. The molecule has 2 rings (SSSR count). The van der Waals surface area contributed by atoms with E-state index in [0.717, 1.165) is 5.69 Å². The van der Waals surface area contributed by atoms with Crippen LogP contribution in [0.15, 0.2) is 18.3 Å². The number of aromatic nitrogens is 1. The van der Waals surface area contributed by atoms with Crippen molar-refractivity contribution in [1.29, 1.82) is 0 Å². The summed E-state index contributed by atoms with van der Waals surface area (Å²) >= 11 is 0. The molecule has 2 heterocycles. The van der Waals surface area contributed by atoms with Crippen LogP contribution in [0.4, 0.5) is 0 Å². The second-order valence-electron chi connectivity index (χ2n) is 5.24. The first kappa shape index (κ1) is 12.0. The molecule has 1 amide bonds. The van der Waals surface area contributed by atoms with Gasteiger partial charge in [0, 0.05) is 25.0 Å². The SMILES string of the molecule is Cc1ccc(C(=O)N2CC(N)(C(C)C)C2)cn1. The summed E-state index contributed by atoms with van der Waals surface area (Å²) in [6.07, 6.45) is 1.63. The number of likely N-dealkylation sites (tertiary alicyclic amines) is 1. The molecule has 0 bridgehead atoms. The van der Waals surface area contributed by atoms with Gasteiger partial charge in [-0.1, -0.05) is 13.8 Å². The fourth-order valence-corrected chi connectivity index (χ4v) is 1.95. The van der Waals surface area contributed by atoms with Crippen molar-refractivity contribution in [3.63, 3.8) is 0 Å². The first-order valence-electron chi connectivity index (χ1n) is 5.93. The van der Waals surface area contributed by atoms with Gasteiger partial charge in [-0.05, 0) is 25.0 Å². The molecule has 4 nitrogen and oxygen atoms in total. The normalized spacial score (nSPS) is 18.1. The second kappa shape index (κ2) is 4.11. The minimum absolute atomic E-state index is 0.0271. The molecule has 0 aromatic carbocycles. The van der Waals surface area contributed by atoms with E-state index < -0.39 is 0 Å². The minimum Gasteiger partial charge on any atom is -0.335 e. The largest absolute Gasteiger partial charge is 0.335 e. The highest BCUT2D eigenvalue weighted by Gasteiger charge is 2.44. The molecule has 1 aromatic rings. The summed E-state index contributed by atoms with van der Waals surface area (Å²) in [5.74, 6) is 0.418. The topological polar surface area (TPSA) is 59.2 Å². The standard InChI is InChI=1S/C13H19N3O/c1-9(2)13(14)7-16(8-13)12(17)11-5-4-10(3)15-6-11/h4-6,9H,7-8,14H2,1-3H3. The lowest BCUT2D eigenvalue weighted by Gasteiger charge is -2.50. The maximum absolute atomic E-state index is 12.1. The van der Waals surface area contributed by atoms with Gasteiger partial charge in [-0.15, -0.1) is 0 Å². The quantitative estimate of drug-likeness (QED) is 0.835. The van der Waals surface area contributed by atoms with E-state index in [1.54, 1.807) is 11.1 Å². The molecule has 1 fully saturated rings. The first-order valence-corrected chi connectivity index (χ1v) is 5.93. The highest BCUT2D eigenvalue weighted by molar-refractivity contribution is 5.94. The second-order valence-corrected chi connectivity index (χ2v) is 5.24. The zero-order chi connectivity index (χ0) is 12.6. The Hall–Kier alpha value is -1.42. The Morgan fingerprint density at radius 3 is 2.59 bits per heavy atom. The van der Waals surface area contributed by atoms with Crippen molar-refractivity contribution >= 4 is 5.91 Å². The number of pyridine rings is 1. The highest BCUT2D eigenvalue weighted by atomic mass is 16.2.